The lowest BCUT2D eigenvalue weighted by molar-refractivity contribution is 0.104. The third-order valence-corrected chi connectivity index (χ3v) is 1.82. The highest BCUT2D eigenvalue weighted by molar-refractivity contribution is 4.47. The number of aliphatic hydroxyl groups is 1. The van der Waals surface area contributed by atoms with Gasteiger partial charge in [-0.15, -0.1) is 0 Å². The molecular weight excluding hydrogens is 182 g/mol. The van der Waals surface area contributed by atoms with Crippen molar-refractivity contribution >= 4 is 0 Å². The maximum Gasteiger partial charge on any atom is 0.0590 e. The second-order valence-electron chi connectivity index (χ2n) is 3.14. The zero-order chi connectivity index (χ0) is 10.5. The average molecular weight is 205 g/mol. The van der Waals surface area contributed by atoms with Gasteiger partial charge >= 0.3 is 0 Å². The Morgan fingerprint density at radius 1 is 1.00 bits per heavy atom. The third-order valence-electron chi connectivity index (χ3n) is 1.82. The van der Waals surface area contributed by atoms with E-state index in [2.05, 4.69) is 5.32 Å². The Morgan fingerprint density at radius 3 is 2.57 bits per heavy atom. The summed E-state index contributed by atoms with van der Waals surface area (Å²) in [6.45, 7) is 4.43. The van der Waals surface area contributed by atoms with E-state index < -0.39 is 0 Å². The van der Waals surface area contributed by atoms with Crippen LogP contribution in [-0.2, 0) is 9.47 Å². The fourth-order valence-electron chi connectivity index (χ4n) is 1.04. The first kappa shape index (κ1) is 13.8. The second-order valence-corrected chi connectivity index (χ2v) is 3.14. The summed E-state index contributed by atoms with van der Waals surface area (Å²) in [6.07, 6.45) is 2.86. The number of nitrogens with one attached hydrogen (secondary N) is 1. The van der Waals surface area contributed by atoms with Gasteiger partial charge in [0.15, 0.2) is 0 Å². The van der Waals surface area contributed by atoms with Crippen LogP contribution in [0.5, 0.6) is 0 Å². The first-order valence-corrected chi connectivity index (χ1v) is 5.30. The molecule has 4 nitrogen and oxygen atoms in total. The van der Waals surface area contributed by atoms with Gasteiger partial charge in [0.2, 0.25) is 0 Å². The van der Waals surface area contributed by atoms with Crippen LogP contribution in [0.4, 0.5) is 0 Å². The minimum absolute atomic E-state index is 0.287. The highest BCUT2D eigenvalue weighted by Crippen LogP contribution is 1.84. The van der Waals surface area contributed by atoms with Crippen LogP contribution >= 0.6 is 0 Å². The smallest absolute Gasteiger partial charge is 0.0590 e. The van der Waals surface area contributed by atoms with E-state index in [1.807, 2.05) is 0 Å². The number of hydrogen-bond acceptors (Lipinski definition) is 4. The summed E-state index contributed by atoms with van der Waals surface area (Å²) in [5, 5.41) is 11.8. The van der Waals surface area contributed by atoms with Gasteiger partial charge in [-0.2, -0.15) is 0 Å². The summed E-state index contributed by atoms with van der Waals surface area (Å²) in [6, 6.07) is 0. The predicted octanol–water partition coefficient (Wildman–Crippen LogP) is 0.402. The minimum atomic E-state index is 0.287. The number of rotatable bonds is 11. The summed E-state index contributed by atoms with van der Waals surface area (Å²) in [4.78, 5) is 0. The highest BCUT2D eigenvalue weighted by atomic mass is 16.5. The van der Waals surface area contributed by atoms with E-state index in [0.717, 1.165) is 52.2 Å². The number of unbranched alkanes of at least 4 members (excludes halogenated alkanes) is 1. The van der Waals surface area contributed by atoms with Crippen LogP contribution in [0.25, 0.3) is 0 Å². The number of hydrogen-bond donors (Lipinski definition) is 2. The summed E-state index contributed by atoms with van der Waals surface area (Å²) in [5.41, 5.74) is 0. The van der Waals surface area contributed by atoms with Crippen molar-refractivity contribution in [2.75, 3.05) is 46.6 Å². The van der Waals surface area contributed by atoms with Gasteiger partial charge in [0.1, 0.15) is 0 Å². The molecule has 0 aliphatic heterocycles. The topological polar surface area (TPSA) is 50.7 Å². The van der Waals surface area contributed by atoms with Gasteiger partial charge < -0.3 is 19.9 Å². The highest BCUT2D eigenvalue weighted by Gasteiger charge is 1.90. The summed E-state index contributed by atoms with van der Waals surface area (Å²) < 4.78 is 10.2. The van der Waals surface area contributed by atoms with Gasteiger partial charge in [-0.1, -0.05) is 0 Å². The van der Waals surface area contributed by atoms with Crippen LogP contribution in [0.1, 0.15) is 19.3 Å². The molecule has 0 bridgehead atoms. The van der Waals surface area contributed by atoms with Gasteiger partial charge in [0.25, 0.3) is 0 Å². The predicted molar refractivity (Wildman–Crippen MR) is 56.5 cm³/mol. The fraction of sp³-hybridized carbons (Fsp3) is 1.00. The zero-order valence-corrected chi connectivity index (χ0v) is 9.13. The van der Waals surface area contributed by atoms with Crippen LogP contribution in [0, 0.1) is 0 Å². The van der Waals surface area contributed by atoms with Crippen LogP contribution < -0.4 is 5.32 Å². The fourth-order valence-corrected chi connectivity index (χ4v) is 1.04. The molecule has 0 rings (SSSR count). The largest absolute Gasteiger partial charge is 0.396 e. The zero-order valence-electron chi connectivity index (χ0n) is 9.13. The van der Waals surface area contributed by atoms with Gasteiger partial charge in [-0.3, -0.25) is 0 Å². The molecule has 0 heterocycles. The first-order valence-electron chi connectivity index (χ1n) is 5.30. The lowest BCUT2D eigenvalue weighted by atomic mass is 10.3. The van der Waals surface area contributed by atoms with E-state index >= 15 is 0 Å². The molecule has 0 saturated carbocycles. The Labute approximate surface area is 86.6 Å². The maximum absolute atomic E-state index is 8.53. The molecule has 0 saturated heterocycles. The van der Waals surface area contributed by atoms with E-state index in [4.69, 9.17) is 14.6 Å². The van der Waals surface area contributed by atoms with Gasteiger partial charge in [0, 0.05) is 33.5 Å². The van der Waals surface area contributed by atoms with E-state index in [0.29, 0.717) is 0 Å². The van der Waals surface area contributed by atoms with Crippen molar-refractivity contribution in [3.63, 3.8) is 0 Å². The number of ether oxygens (including phenoxy) is 2. The molecule has 0 atom stereocenters. The molecule has 0 spiro atoms. The normalized spacial score (nSPS) is 10.7. The van der Waals surface area contributed by atoms with Crippen molar-refractivity contribution in [3.05, 3.63) is 0 Å². The molecule has 0 aliphatic carbocycles. The van der Waals surface area contributed by atoms with Crippen molar-refractivity contribution < 1.29 is 14.6 Å². The molecule has 0 radical (unpaired) electrons. The van der Waals surface area contributed by atoms with Crippen molar-refractivity contribution in [3.8, 4) is 0 Å². The molecule has 86 valence electrons. The minimum Gasteiger partial charge on any atom is -0.396 e. The summed E-state index contributed by atoms with van der Waals surface area (Å²) in [5.74, 6) is 0. The maximum atomic E-state index is 8.53. The first-order chi connectivity index (χ1) is 6.91. The molecule has 0 unspecified atom stereocenters. The number of aliphatic hydroxyl groups excluding tert-OH is 1. The van der Waals surface area contributed by atoms with Crippen molar-refractivity contribution in [1.82, 2.24) is 5.32 Å². The Hall–Kier alpha value is -0.160. The second kappa shape index (κ2) is 12.8. The van der Waals surface area contributed by atoms with Gasteiger partial charge in [-0.05, 0) is 25.8 Å². The average Bonchev–Trinajstić information content (AvgIpc) is 2.21. The van der Waals surface area contributed by atoms with Crippen molar-refractivity contribution in [2.45, 2.75) is 19.3 Å². The van der Waals surface area contributed by atoms with Crippen LogP contribution in [0.3, 0.4) is 0 Å². The van der Waals surface area contributed by atoms with E-state index in [1.165, 1.54) is 0 Å². The molecule has 0 aromatic carbocycles. The van der Waals surface area contributed by atoms with Gasteiger partial charge in [0.05, 0.1) is 6.61 Å². The SMILES string of the molecule is COCCCOCCNCCCCO. The van der Waals surface area contributed by atoms with Crippen molar-refractivity contribution in [2.24, 2.45) is 0 Å². The van der Waals surface area contributed by atoms with E-state index in [9.17, 15) is 0 Å². The van der Waals surface area contributed by atoms with E-state index in [-0.39, 0.29) is 6.61 Å². The van der Waals surface area contributed by atoms with E-state index in [1.54, 1.807) is 7.11 Å². The molecule has 0 aliphatic rings. The molecule has 0 amide bonds. The van der Waals surface area contributed by atoms with Crippen LogP contribution in [-0.4, -0.2) is 51.7 Å². The Kier molecular flexibility index (Phi) is 12.7. The molecule has 2 N–H and O–H groups in total. The number of methoxy groups -OCH3 is 1. The Balaban J connectivity index is 2.78. The molecule has 0 aromatic heterocycles. The van der Waals surface area contributed by atoms with Crippen molar-refractivity contribution in [1.29, 1.82) is 0 Å². The standard InChI is InChI=1S/C10H23NO3/c1-13-8-4-9-14-10-6-11-5-2-3-7-12/h11-12H,2-10H2,1H3. The molecule has 4 heteroatoms. The molecule has 0 fully saturated rings. The van der Waals surface area contributed by atoms with Gasteiger partial charge in [-0.25, -0.2) is 0 Å². The van der Waals surface area contributed by atoms with Crippen LogP contribution in [0.2, 0.25) is 0 Å². The quantitative estimate of drug-likeness (QED) is 0.479. The summed E-state index contributed by atoms with van der Waals surface area (Å²) >= 11 is 0. The Bertz CT molecular complexity index is 89.4. The molecule has 0 aromatic rings. The van der Waals surface area contributed by atoms with Crippen LogP contribution in [0.15, 0.2) is 0 Å². The lowest BCUT2D eigenvalue weighted by Gasteiger charge is -2.05. The Morgan fingerprint density at radius 2 is 1.86 bits per heavy atom. The third kappa shape index (κ3) is 11.8. The summed E-state index contributed by atoms with van der Waals surface area (Å²) in [7, 11) is 1.70. The molecular formula is C10H23NO3. The monoisotopic (exact) mass is 205 g/mol. The molecule has 14 heavy (non-hydrogen) atoms. The lowest BCUT2D eigenvalue weighted by Crippen LogP contribution is -2.21.